The second kappa shape index (κ2) is 13.9. The minimum Gasteiger partial charge on any atom is -0.355 e. The second-order valence-electron chi connectivity index (χ2n) is 9.29. The normalized spacial score (nSPS) is 12.2. The highest BCUT2D eigenvalue weighted by Crippen LogP contribution is 2.19. The minimum absolute atomic E-state index is 0.116. The van der Waals surface area contributed by atoms with Crippen LogP contribution in [0.15, 0.2) is 89.8 Å². The molecule has 3 aromatic carbocycles. The van der Waals surface area contributed by atoms with Crippen LogP contribution in [0, 0.1) is 6.92 Å². The van der Waals surface area contributed by atoms with Gasteiger partial charge in [-0.3, -0.25) is 9.59 Å². The molecule has 0 heterocycles. The minimum atomic E-state index is -3.64. The fraction of sp³-hybridized carbons (Fsp3) is 0.333. The van der Waals surface area contributed by atoms with E-state index in [-0.39, 0.29) is 36.2 Å². The van der Waals surface area contributed by atoms with E-state index in [0.717, 1.165) is 16.7 Å². The average molecular weight is 536 g/mol. The number of likely N-dealkylation sites (N-methyl/N-ethyl adjacent to an activating group) is 1. The summed E-state index contributed by atoms with van der Waals surface area (Å²) < 4.78 is 27.0. The Kier molecular flexibility index (Phi) is 10.6. The highest BCUT2D eigenvalue weighted by molar-refractivity contribution is 7.89. The van der Waals surface area contributed by atoms with Gasteiger partial charge in [0, 0.05) is 39.5 Å². The predicted molar refractivity (Wildman–Crippen MR) is 150 cm³/mol. The Hall–Kier alpha value is -3.49. The van der Waals surface area contributed by atoms with Crippen LogP contribution in [-0.2, 0) is 32.6 Å². The molecule has 8 heteroatoms. The first-order valence-electron chi connectivity index (χ1n) is 12.9. The summed E-state index contributed by atoms with van der Waals surface area (Å²) in [4.78, 5) is 28.8. The van der Waals surface area contributed by atoms with Crippen molar-refractivity contribution in [3.05, 3.63) is 102 Å². The van der Waals surface area contributed by atoms with Crippen molar-refractivity contribution in [1.29, 1.82) is 0 Å². The van der Waals surface area contributed by atoms with E-state index >= 15 is 0 Å². The van der Waals surface area contributed by atoms with Crippen LogP contribution in [0.3, 0.4) is 0 Å². The molecule has 0 aliphatic rings. The zero-order chi connectivity index (χ0) is 27.5. The summed E-state index contributed by atoms with van der Waals surface area (Å²) in [6, 6.07) is 25.0. The first-order chi connectivity index (χ1) is 18.2. The lowest BCUT2D eigenvalue weighted by Gasteiger charge is -2.32. The van der Waals surface area contributed by atoms with Crippen molar-refractivity contribution in [2.24, 2.45) is 0 Å². The Bertz CT molecular complexity index is 1300. The fourth-order valence-electron chi connectivity index (χ4n) is 4.31. The van der Waals surface area contributed by atoms with Crippen molar-refractivity contribution in [2.45, 2.75) is 50.6 Å². The second-order valence-corrected chi connectivity index (χ2v) is 11.3. The molecule has 1 atom stereocenters. The van der Waals surface area contributed by atoms with Crippen molar-refractivity contribution >= 4 is 21.8 Å². The van der Waals surface area contributed by atoms with E-state index in [1.165, 1.54) is 11.4 Å². The number of carbonyl (C=O) groups is 2. The molecule has 0 aliphatic carbocycles. The first kappa shape index (κ1) is 29.1. The summed E-state index contributed by atoms with van der Waals surface area (Å²) in [6.07, 6.45) is 0.830. The van der Waals surface area contributed by atoms with Crippen molar-refractivity contribution in [3.63, 3.8) is 0 Å². The number of hydrogen-bond donors (Lipinski definition) is 1. The smallest absolute Gasteiger partial charge is 0.243 e. The maximum Gasteiger partial charge on any atom is 0.243 e. The van der Waals surface area contributed by atoms with Crippen molar-refractivity contribution in [3.8, 4) is 0 Å². The van der Waals surface area contributed by atoms with Gasteiger partial charge in [-0.15, -0.1) is 0 Å². The Balaban J connectivity index is 1.81. The molecule has 0 saturated heterocycles. The monoisotopic (exact) mass is 535 g/mol. The average Bonchev–Trinajstić information content (AvgIpc) is 2.92. The number of nitrogens with one attached hydrogen (secondary N) is 1. The number of nitrogens with zero attached hydrogens (tertiary/aromatic N) is 2. The third kappa shape index (κ3) is 7.76. The number of benzene rings is 3. The van der Waals surface area contributed by atoms with Crippen LogP contribution in [0.25, 0.3) is 0 Å². The number of carbonyl (C=O) groups excluding carboxylic acids is 2. The molecule has 2 amide bonds. The quantitative estimate of drug-likeness (QED) is 0.356. The van der Waals surface area contributed by atoms with Gasteiger partial charge in [0.15, 0.2) is 0 Å². The third-order valence-electron chi connectivity index (χ3n) is 6.54. The summed E-state index contributed by atoms with van der Waals surface area (Å²) >= 11 is 0. The molecular weight excluding hydrogens is 498 g/mol. The number of sulfonamides is 1. The van der Waals surface area contributed by atoms with E-state index < -0.39 is 16.1 Å². The van der Waals surface area contributed by atoms with Gasteiger partial charge in [0.2, 0.25) is 21.8 Å². The molecule has 3 aromatic rings. The molecule has 0 aliphatic heterocycles. The molecule has 1 N–H and O–H groups in total. The number of rotatable bonds is 13. The van der Waals surface area contributed by atoms with E-state index in [2.05, 4.69) is 5.32 Å². The van der Waals surface area contributed by atoms with Gasteiger partial charge in [0.25, 0.3) is 0 Å². The van der Waals surface area contributed by atoms with E-state index in [0.29, 0.717) is 19.4 Å². The van der Waals surface area contributed by atoms with Gasteiger partial charge in [-0.1, -0.05) is 72.8 Å². The van der Waals surface area contributed by atoms with Crippen molar-refractivity contribution in [1.82, 2.24) is 14.5 Å². The van der Waals surface area contributed by atoms with Gasteiger partial charge < -0.3 is 10.2 Å². The SMILES string of the molecule is CCNC(=O)[C@H](Cc1ccccc1)N(Cc1ccccc1C)C(=O)CCCN(C)S(=O)(=O)c1ccccc1. The van der Waals surface area contributed by atoms with Crippen LogP contribution < -0.4 is 5.32 Å². The fourth-order valence-corrected chi connectivity index (χ4v) is 5.54. The molecule has 0 saturated carbocycles. The third-order valence-corrected chi connectivity index (χ3v) is 8.41. The standard InChI is InChI=1S/C30H37N3O4S/c1-4-31-30(35)28(22-25-15-7-5-8-16-25)33(23-26-17-12-11-14-24(26)2)29(34)20-13-21-32(3)38(36,37)27-18-9-6-10-19-27/h5-12,14-19,28H,4,13,20-23H2,1-3H3,(H,31,35)/t28-/m0/s1. The van der Waals surface area contributed by atoms with E-state index in [1.54, 1.807) is 35.2 Å². The van der Waals surface area contributed by atoms with Crippen LogP contribution in [0.1, 0.15) is 36.5 Å². The summed E-state index contributed by atoms with van der Waals surface area (Å²) in [6.45, 7) is 4.77. The largest absolute Gasteiger partial charge is 0.355 e. The lowest BCUT2D eigenvalue weighted by atomic mass is 10.0. The lowest BCUT2D eigenvalue weighted by Crippen LogP contribution is -2.50. The van der Waals surface area contributed by atoms with Gasteiger partial charge in [0.1, 0.15) is 6.04 Å². The molecule has 0 unspecified atom stereocenters. The van der Waals surface area contributed by atoms with E-state index in [9.17, 15) is 18.0 Å². The van der Waals surface area contributed by atoms with Gasteiger partial charge in [-0.25, -0.2) is 12.7 Å². The summed E-state index contributed by atoms with van der Waals surface area (Å²) in [5.74, 6) is -0.395. The van der Waals surface area contributed by atoms with Crippen LogP contribution in [0.4, 0.5) is 0 Å². The highest BCUT2D eigenvalue weighted by Gasteiger charge is 2.30. The molecule has 7 nitrogen and oxygen atoms in total. The summed E-state index contributed by atoms with van der Waals surface area (Å²) in [7, 11) is -2.13. The predicted octanol–water partition coefficient (Wildman–Crippen LogP) is 4.17. The molecule has 0 fully saturated rings. The lowest BCUT2D eigenvalue weighted by molar-refractivity contribution is -0.141. The maximum atomic E-state index is 13.7. The Morgan fingerprint density at radius 2 is 1.50 bits per heavy atom. The topological polar surface area (TPSA) is 86.8 Å². The van der Waals surface area contributed by atoms with Crippen LogP contribution in [0.5, 0.6) is 0 Å². The first-order valence-corrected chi connectivity index (χ1v) is 14.3. The maximum absolute atomic E-state index is 13.7. The Morgan fingerprint density at radius 1 is 0.895 bits per heavy atom. The van der Waals surface area contributed by atoms with Crippen LogP contribution >= 0.6 is 0 Å². The van der Waals surface area contributed by atoms with Gasteiger partial charge in [-0.2, -0.15) is 0 Å². The van der Waals surface area contributed by atoms with E-state index in [1.807, 2.05) is 68.4 Å². The highest BCUT2D eigenvalue weighted by atomic mass is 32.2. The summed E-state index contributed by atoms with van der Waals surface area (Å²) in [5.41, 5.74) is 2.96. The molecule has 0 spiro atoms. The zero-order valence-electron chi connectivity index (χ0n) is 22.3. The Labute approximate surface area is 226 Å². The molecule has 202 valence electrons. The number of amides is 2. The van der Waals surface area contributed by atoms with Crippen LogP contribution in [0.2, 0.25) is 0 Å². The molecule has 0 aromatic heterocycles. The molecule has 0 radical (unpaired) electrons. The summed E-state index contributed by atoms with van der Waals surface area (Å²) in [5, 5.41) is 2.89. The zero-order valence-corrected chi connectivity index (χ0v) is 23.2. The van der Waals surface area contributed by atoms with E-state index in [4.69, 9.17) is 0 Å². The number of aryl methyl sites for hydroxylation is 1. The van der Waals surface area contributed by atoms with Crippen LogP contribution in [-0.4, -0.2) is 55.6 Å². The van der Waals surface area contributed by atoms with Crippen molar-refractivity contribution < 1.29 is 18.0 Å². The van der Waals surface area contributed by atoms with Gasteiger partial charge in [0.05, 0.1) is 4.90 Å². The Morgan fingerprint density at radius 3 is 2.13 bits per heavy atom. The molecule has 38 heavy (non-hydrogen) atoms. The molecular formula is C30H37N3O4S. The molecule has 0 bridgehead atoms. The number of hydrogen-bond acceptors (Lipinski definition) is 4. The van der Waals surface area contributed by atoms with Gasteiger partial charge >= 0.3 is 0 Å². The van der Waals surface area contributed by atoms with Gasteiger partial charge in [-0.05, 0) is 49.1 Å². The van der Waals surface area contributed by atoms with Crippen molar-refractivity contribution in [2.75, 3.05) is 20.1 Å². The molecule has 3 rings (SSSR count).